The Morgan fingerprint density at radius 2 is 1.77 bits per heavy atom. The van der Waals surface area contributed by atoms with Gasteiger partial charge in [-0.25, -0.2) is 4.39 Å². The van der Waals surface area contributed by atoms with Crippen molar-refractivity contribution >= 4 is 28.3 Å². The molecule has 8 heteroatoms. The van der Waals surface area contributed by atoms with E-state index in [0.29, 0.717) is 27.9 Å². The van der Waals surface area contributed by atoms with E-state index in [4.69, 9.17) is 0 Å². The number of pyridine rings is 1. The first-order valence-electron chi connectivity index (χ1n) is 9.01. The molecule has 2 N–H and O–H groups in total. The molecule has 0 spiro atoms. The molecule has 0 radical (unpaired) electrons. The van der Waals surface area contributed by atoms with E-state index in [1.54, 1.807) is 22.8 Å². The minimum Gasteiger partial charge on any atom is -0.619 e. The zero-order valence-electron chi connectivity index (χ0n) is 15.6. The largest absolute Gasteiger partial charge is 0.619 e. The van der Waals surface area contributed by atoms with Gasteiger partial charge < -0.3 is 20.2 Å². The second-order valence-corrected chi connectivity index (χ2v) is 6.73. The third-order valence-electron chi connectivity index (χ3n) is 4.64. The van der Waals surface area contributed by atoms with Crippen LogP contribution in [0.2, 0.25) is 0 Å². The summed E-state index contributed by atoms with van der Waals surface area (Å²) in [7, 11) is 0. The van der Waals surface area contributed by atoms with Crippen LogP contribution in [0.5, 0.6) is 5.75 Å². The molecule has 30 heavy (non-hydrogen) atoms. The van der Waals surface area contributed by atoms with E-state index in [2.05, 4.69) is 5.32 Å². The first-order chi connectivity index (χ1) is 14.4. The lowest BCUT2D eigenvalue weighted by Crippen LogP contribution is -2.26. The number of carbonyl (C=O) groups excluding carboxylic acids is 2. The van der Waals surface area contributed by atoms with Crippen LogP contribution in [-0.4, -0.2) is 21.4 Å². The molecule has 0 aliphatic rings. The lowest BCUT2D eigenvalue weighted by atomic mass is 10.1. The number of fused-ring (bicyclic) bond motifs is 1. The summed E-state index contributed by atoms with van der Waals surface area (Å²) in [4.78, 5) is 25.3. The summed E-state index contributed by atoms with van der Waals surface area (Å²) in [6.45, 7) is 0.346. The van der Waals surface area contributed by atoms with Gasteiger partial charge in [-0.2, -0.15) is 4.73 Å². The Morgan fingerprint density at radius 1 is 1.07 bits per heavy atom. The number of ketones is 1. The van der Waals surface area contributed by atoms with Gasteiger partial charge in [-0.1, -0.05) is 12.1 Å². The first-order valence-corrected chi connectivity index (χ1v) is 9.01. The van der Waals surface area contributed by atoms with Gasteiger partial charge in [0.2, 0.25) is 0 Å². The molecular weight excluding hydrogens is 389 g/mol. The number of carbonyl (C=O) groups is 2. The Hall–Kier alpha value is -4.20. The number of phenolic OH excluding ortho intramolecular Hbond substituents is 1. The number of halogens is 1. The molecule has 0 fully saturated rings. The topological polar surface area (TPSA) is 98.3 Å². The van der Waals surface area contributed by atoms with Gasteiger partial charge in [-0.15, -0.1) is 0 Å². The summed E-state index contributed by atoms with van der Waals surface area (Å²) in [6.07, 6.45) is 3.94. The lowest BCUT2D eigenvalue weighted by molar-refractivity contribution is -0.605. The average Bonchev–Trinajstić information content (AvgIpc) is 3.08. The number of hydrogen-bond acceptors (Lipinski definition) is 4. The maximum absolute atomic E-state index is 13.2. The van der Waals surface area contributed by atoms with Gasteiger partial charge >= 0.3 is 0 Å². The Kier molecular flexibility index (Phi) is 4.89. The number of rotatable bonds is 5. The van der Waals surface area contributed by atoms with E-state index < -0.39 is 11.7 Å². The van der Waals surface area contributed by atoms with Gasteiger partial charge in [0.25, 0.3) is 11.7 Å². The van der Waals surface area contributed by atoms with Crippen molar-refractivity contribution in [3.8, 4) is 5.75 Å². The molecule has 2 aromatic heterocycles. The van der Waals surface area contributed by atoms with Crippen molar-refractivity contribution in [3.05, 3.63) is 95.3 Å². The number of phenols is 1. The highest BCUT2D eigenvalue weighted by molar-refractivity contribution is 6.48. The van der Waals surface area contributed by atoms with Crippen LogP contribution in [0.15, 0.2) is 73.2 Å². The quantitative estimate of drug-likeness (QED) is 0.231. The summed E-state index contributed by atoms with van der Waals surface area (Å²) >= 11 is 0. The van der Waals surface area contributed by atoms with Gasteiger partial charge in [-0.05, 0) is 35.9 Å². The number of nitrogens with one attached hydrogen (secondary N) is 1. The van der Waals surface area contributed by atoms with Gasteiger partial charge in [0, 0.05) is 35.8 Å². The number of Topliss-reactive ketones (excluding diaryl/α,β-unsaturated/α-hetero) is 1. The number of aromatic hydroxyl groups is 1. The number of hydrogen-bond donors (Lipinski definition) is 2. The molecule has 2 heterocycles. The van der Waals surface area contributed by atoms with Crippen molar-refractivity contribution in [2.45, 2.75) is 6.54 Å². The van der Waals surface area contributed by atoms with Gasteiger partial charge in [0.05, 0.1) is 11.3 Å². The first kappa shape index (κ1) is 19.1. The molecule has 150 valence electrons. The molecular formula is C22H16FN3O4. The fourth-order valence-electron chi connectivity index (χ4n) is 3.19. The SMILES string of the molecule is O=C(Nc1cc[n+]([O-])cc1)C(=O)c1cn(Cc2ccc(F)cc2)c2ccc(O)cc12. The number of anilines is 1. The fourth-order valence-corrected chi connectivity index (χ4v) is 3.19. The normalized spacial score (nSPS) is 10.8. The third-order valence-corrected chi connectivity index (χ3v) is 4.64. The second kappa shape index (κ2) is 7.67. The highest BCUT2D eigenvalue weighted by Crippen LogP contribution is 2.27. The van der Waals surface area contributed by atoms with Gasteiger partial charge in [0.1, 0.15) is 11.6 Å². The summed E-state index contributed by atoms with van der Waals surface area (Å²) in [5.74, 6) is -2.05. The van der Waals surface area contributed by atoms with E-state index in [9.17, 15) is 24.3 Å². The molecule has 0 aliphatic carbocycles. The van der Waals surface area contributed by atoms with Crippen molar-refractivity contribution in [1.82, 2.24) is 4.57 Å². The van der Waals surface area contributed by atoms with Crippen LogP contribution in [-0.2, 0) is 11.3 Å². The number of amides is 1. The number of nitrogens with zero attached hydrogens (tertiary/aromatic N) is 2. The van der Waals surface area contributed by atoms with E-state index >= 15 is 0 Å². The molecule has 2 aromatic carbocycles. The number of benzene rings is 2. The number of aromatic nitrogens is 2. The summed E-state index contributed by atoms with van der Waals surface area (Å²) in [6, 6.07) is 13.3. The minimum absolute atomic E-state index is 0.0421. The van der Waals surface area contributed by atoms with E-state index in [1.165, 1.54) is 55.0 Å². The van der Waals surface area contributed by atoms with Crippen LogP contribution in [0.1, 0.15) is 15.9 Å². The predicted molar refractivity (Wildman–Crippen MR) is 107 cm³/mol. The van der Waals surface area contributed by atoms with Crippen LogP contribution >= 0.6 is 0 Å². The van der Waals surface area contributed by atoms with Crippen molar-refractivity contribution in [2.75, 3.05) is 5.32 Å². The predicted octanol–water partition coefficient (Wildman–Crippen LogP) is 2.99. The lowest BCUT2D eigenvalue weighted by Gasteiger charge is -2.05. The highest BCUT2D eigenvalue weighted by atomic mass is 19.1. The molecule has 4 rings (SSSR count). The average molecular weight is 405 g/mol. The molecule has 1 amide bonds. The second-order valence-electron chi connectivity index (χ2n) is 6.73. The van der Waals surface area contributed by atoms with E-state index in [-0.39, 0.29) is 17.1 Å². The Bertz CT molecular complexity index is 1250. The molecule has 0 atom stereocenters. The molecule has 4 aromatic rings. The standard InChI is InChI=1S/C22H16FN3O4/c23-15-3-1-14(2-4-15)12-25-13-19(18-11-17(27)5-6-20(18)25)21(28)22(29)24-16-7-9-26(30)10-8-16/h1-11,13,27H,12H2,(H,24,29). The third kappa shape index (κ3) is 3.83. The summed E-state index contributed by atoms with van der Waals surface area (Å²) in [5.41, 5.74) is 1.87. The van der Waals surface area contributed by atoms with Crippen LogP contribution < -0.4 is 10.0 Å². The van der Waals surface area contributed by atoms with Crippen molar-refractivity contribution < 1.29 is 23.8 Å². The highest BCUT2D eigenvalue weighted by Gasteiger charge is 2.22. The molecule has 7 nitrogen and oxygen atoms in total. The van der Waals surface area contributed by atoms with Crippen LogP contribution in [0.25, 0.3) is 10.9 Å². The van der Waals surface area contributed by atoms with Crippen molar-refractivity contribution in [3.63, 3.8) is 0 Å². The molecule has 0 saturated carbocycles. The van der Waals surface area contributed by atoms with Crippen LogP contribution in [0.3, 0.4) is 0 Å². The molecule has 0 bridgehead atoms. The molecule has 0 aliphatic heterocycles. The zero-order valence-corrected chi connectivity index (χ0v) is 15.6. The Labute approximate surface area is 170 Å². The fraction of sp³-hybridized carbons (Fsp3) is 0.0455. The monoisotopic (exact) mass is 405 g/mol. The molecule has 0 saturated heterocycles. The smallest absolute Gasteiger partial charge is 0.296 e. The maximum atomic E-state index is 13.2. The van der Waals surface area contributed by atoms with Crippen LogP contribution in [0.4, 0.5) is 10.1 Å². The zero-order chi connectivity index (χ0) is 21.3. The Balaban J connectivity index is 1.68. The van der Waals surface area contributed by atoms with Gasteiger partial charge in [0.15, 0.2) is 12.4 Å². The summed E-state index contributed by atoms with van der Waals surface area (Å²) in [5, 5.41) is 23.9. The van der Waals surface area contributed by atoms with Crippen molar-refractivity contribution in [2.24, 2.45) is 0 Å². The maximum Gasteiger partial charge on any atom is 0.296 e. The van der Waals surface area contributed by atoms with Crippen LogP contribution in [0, 0.1) is 11.0 Å². The summed E-state index contributed by atoms with van der Waals surface area (Å²) < 4.78 is 15.5. The van der Waals surface area contributed by atoms with E-state index in [0.717, 1.165) is 5.56 Å². The Morgan fingerprint density at radius 3 is 2.47 bits per heavy atom. The van der Waals surface area contributed by atoms with E-state index in [1.807, 2.05) is 0 Å². The minimum atomic E-state index is -0.872. The van der Waals surface area contributed by atoms with Crippen molar-refractivity contribution in [1.29, 1.82) is 0 Å². The molecule has 0 unspecified atom stereocenters. The van der Waals surface area contributed by atoms with Gasteiger partial charge in [-0.3, -0.25) is 9.59 Å².